The Morgan fingerprint density at radius 1 is 1.09 bits per heavy atom. The smallest absolute Gasteiger partial charge is 0.306 e. The molecule has 1 amide bonds. The van der Waals surface area contributed by atoms with Gasteiger partial charge in [0.2, 0.25) is 5.91 Å². The molecule has 0 bridgehead atoms. The molecule has 0 unspecified atom stereocenters. The Hall–Kier alpha value is -1.85. The lowest BCUT2D eigenvalue weighted by Gasteiger charge is -2.35. The van der Waals surface area contributed by atoms with Gasteiger partial charge in [0.25, 0.3) is 0 Å². The van der Waals surface area contributed by atoms with Crippen LogP contribution in [0.1, 0.15) is 50.1 Å². The number of piperidine rings is 1. The molecular formula is C17H25N3O3. The van der Waals surface area contributed by atoms with Crippen molar-refractivity contribution in [3.8, 4) is 0 Å². The molecule has 6 heteroatoms. The highest BCUT2D eigenvalue weighted by molar-refractivity contribution is 5.79. The van der Waals surface area contributed by atoms with Gasteiger partial charge < -0.3 is 10.0 Å². The lowest BCUT2D eigenvalue weighted by Crippen LogP contribution is -2.42. The molecule has 1 aliphatic heterocycles. The number of likely N-dealkylation sites (tertiary alicyclic amines) is 1. The van der Waals surface area contributed by atoms with Gasteiger partial charge in [0.15, 0.2) is 0 Å². The molecule has 126 valence electrons. The lowest BCUT2D eigenvalue weighted by molar-refractivity contribution is -0.146. The Morgan fingerprint density at radius 2 is 1.70 bits per heavy atom. The highest BCUT2D eigenvalue weighted by Crippen LogP contribution is 2.33. The van der Waals surface area contributed by atoms with Gasteiger partial charge >= 0.3 is 5.97 Å². The first-order chi connectivity index (χ1) is 11.1. The van der Waals surface area contributed by atoms with Gasteiger partial charge in [-0.3, -0.25) is 14.3 Å². The lowest BCUT2D eigenvalue weighted by atomic mass is 9.81. The van der Waals surface area contributed by atoms with E-state index in [4.69, 9.17) is 5.11 Å². The number of carboxylic acid groups (broad SMARTS) is 1. The highest BCUT2D eigenvalue weighted by atomic mass is 16.4. The first kappa shape index (κ1) is 16.0. The summed E-state index contributed by atoms with van der Waals surface area (Å²) in [5.74, 6) is -0.229. The van der Waals surface area contributed by atoms with Gasteiger partial charge in [0.1, 0.15) is 0 Å². The third-order valence-corrected chi connectivity index (χ3v) is 5.51. The second-order valence-corrected chi connectivity index (χ2v) is 6.87. The fraction of sp³-hybridized carbons (Fsp3) is 0.706. The molecule has 1 aromatic rings. The molecule has 3 rings (SSSR count). The number of nitrogens with zero attached hydrogens (tertiary/aromatic N) is 3. The fourth-order valence-corrected chi connectivity index (χ4v) is 4.03. The molecule has 1 saturated heterocycles. The van der Waals surface area contributed by atoms with Crippen LogP contribution >= 0.6 is 0 Å². The van der Waals surface area contributed by atoms with Gasteiger partial charge in [-0.15, -0.1) is 0 Å². The van der Waals surface area contributed by atoms with Crippen LogP contribution in [0.2, 0.25) is 0 Å². The number of hydrogen-bond acceptors (Lipinski definition) is 3. The van der Waals surface area contributed by atoms with Crippen LogP contribution in [0.5, 0.6) is 0 Å². The molecule has 2 aliphatic rings. The molecule has 0 aromatic carbocycles. The SMILES string of the molecule is Cn1nccc1C1CCN(C(=O)C2CCC(C(=O)O)CC2)CC1. The summed E-state index contributed by atoms with van der Waals surface area (Å²) in [5, 5.41) is 13.3. The fourth-order valence-electron chi connectivity index (χ4n) is 4.03. The number of carbonyl (C=O) groups is 2. The van der Waals surface area contributed by atoms with Crippen molar-refractivity contribution in [3.63, 3.8) is 0 Å². The number of hydrogen-bond donors (Lipinski definition) is 1. The minimum absolute atomic E-state index is 0.0267. The molecule has 2 fully saturated rings. The van der Waals surface area contributed by atoms with E-state index in [0.29, 0.717) is 18.8 Å². The summed E-state index contributed by atoms with van der Waals surface area (Å²) in [6, 6.07) is 2.06. The van der Waals surface area contributed by atoms with Crippen LogP contribution in [-0.2, 0) is 16.6 Å². The van der Waals surface area contributed by atoms with Crippen LogP contribution in [0.25, 0.3) is 0 Å². The van der Waals surface area contributed by atoms with E-state index >= 15 is 0 Å². The average Bonchev–Trinajstić information content (AvgIpc) is 3.00. The topological polar surface area (TPSA) is 75.4 Å². The standard InChI is InChI=1S/C17H25N3O3/c1-19-15(6-9-18-19)12-7-10-20(11-8-12)16(21)13-2-4-14(5-3-13)17(22)23/h6,9,12-14H,2-5,7-8,10-11H2,1H3,(H,22,23). The second kappa shape index (κ2) is 6.72. The molecular weight excluding hydrogens is 294 g/mol. The quantitative estimate of drug-likeness (QED) is 0.925. The van der Waals surface area contributed by atoms with E-state index in [1.807, 2.05) is 22.8 Å². The highest BCUT2D eigenvalue weighted by Gasteiger charge is 2.33. The molecule has 0 spiro atoms. The number of rotatable bonds is 3. The zero-order valence-electron chi connectivity index (χ0n) is 13.6. The van der Waals surface area contributed by atoms with Crippen molar-refractivity contribution in [2.24, 2.45) is 18.9 Å². The minimum atomic E-state index is -0.715. The van der Waals surface area contributed by atoms with Crippen molar-refractivity contribution < 1.29 is 14.7 Å². The van der Waals surface area contributed by atoms with Crippen LogP contribution in [-0.4, -0.2) is 44.8 Å². The van der Waals surface area contributed by atoms with Crippen molar-refractivity contribution in [3.05, 3.63) is 18.0 Å². The van der Waals surface area contributed by atoms with Crippen molar-refractivity contribution in [1.82, 2.24) is 14.7 Å². The summed E-state index contributed by atoms with van der Waals surface area (Å²) in [6.45, 7) is 1.60. The van der Waals surface area contributed by atoms with Gasteiger partial charge in [0.05, 0.1) is 5.92 Å². The van der Waals surface area contributed by atoms with Gasteiger partial charge in [0, 0.05) is 43.9 Å². The first-order valence-corrected chi connectivity index (χ1v) is 8.55. The van der Waals surface area contributed by atoms with E-state index in [-0.39, 0.29) is 17.7 Å². The monoisotopic (exact) mass is 319 g/mol. The van der Waals surface area contributed by atoms with Crippen LogP contribution in [0.4, 0.5) is 0 Å². The largest absolute Gasteiger partial charge is 0.481 e. The Labute approximate surface area is 136 Å². The van der Waals surface area contributed by atoms with Crippen molar-refractivity contribution in [1.29, 1.82) is 0 Å². The number of aromatic nitrogens is 2. The predicted octanol–water partition coefficient (Wildman–Crippen LogP) is 2.02. The molecule has 0 radical (unpaired) electrons. The zero-order chi connectivity index (χ0) is 16.4. The summed E-state index contributed by atoms with van der Waals surface area (Å²) in [7, 11) is 1.97. The van der Waals surface area contributed by atoms with E-state index in [9.17, 15) is 9.59 Å². The first-order valence-electron chi connectivity index (χ1n) is 8.55. The van der Waals surface area contributed by atoms with Crippen molar-refractivity contribution in [2.75, 3.05) is 13.1 Å². The number of carbonyl (C=O) groups excluding carboxylic acids is 1. The molecule has 1 aliphatic carbocycles. The van der Waals surface area contributed by atoms with Crippen LogP contribution < -0.4 is 0 Å². The van der Waals surface area contributed by atoms with E-state index in [0.717, 1.165) is 38.8 Å². The summed E-state index contributed by atoms with van der Waals surface area (Å²) >= 11 is 0. The molecule has 1 aromatic heterocycles. The van der Waals surface area contributed by atoms with Gasteiger partial charge in [-0.05, 0) is 44.6 Å². The maximum absolute atomic E-state index is 12.7. The molecule has 23 heavy (non-hydrogen) atoms. The molecule has 6 nitrogen and oxygen atoms in total. The zero-order valence-corrected chi connectivity index (χ0v) is 13.6. The van der Waals surface area contributed by atoms with Crippen LogP contribution in [0, 0.1) is 11.8 Å². The van der Waals surface area contributed by atoms with Gasteiger partial charge in [-0.1, -0.05) is 0 Å². The summed E-state index contributed by atoms with van der Waals surface area (Å²) in [5.41, 5.74) is 1.25. The van der Waals surface area contributed by atoms with E-state index in [1.165, 1.54) is 5.69 Å². The predicted molar refractivity (Wildman–Crippen MR) is 84.8 cm³/mol. The third-order valence-electron chi connectivity index (χ3n) is 5.51. The van der Waals surface area contributed by atoms with Crippen molar-refractivity contribution >= 4 is 11.9 Å². The maximum Gasteiger partial charge on any atom is 0.306 e. The van der Waals surface area contributed by atoms with Crippen LogP contribution in [0.15, 0.2) is 12.3 Å². The second-order valence-electron chi connectivity index (χ2n) is 6.87. The van der Waals surface area contributed by atoms with Gasteiger partial charge in [-0.2, -0.15) is 5.10 Å². The average molecular weight is 319 g/mol. The van der Waals surface area contributed by atoms with E-state index < -0.39 is 5.97 Å². The van der Waals surface area contributed by atoms with Crippen molar-refractivity contribution in [2.45, 2.75) is 44.4 Å². The molecule has 1 N–H and O–H groups in total. The normalized spacial score (nSPS) is 26.2. The molecule has 1 saturated carbocycles. The van der Waals surface area contributed by atoms with E-state index in [2.05, 4.69) is 11.2 Å². The van der Waals surface area contributed by atoms with Gasteiger partial charge in [-0.25, -0.2) is 0 Å². The minimum Gasteiger partial charge on any atom is -0.481 e. The Kier molecular flexibility index (Phi) is 4.68. The maximum atomic E-state index is 12.7. The molecule has 0 atom stereocenters. The number of carboxylic acids is 1. The molecule has 2 heterocycles. The number of aliphatic carboxylic acids is 1. The van der Waals surface area contributed by atoms with Crippen LogP contribution in [0.3, 0.4) is 0 Å². The summed E-state index contributed by atoms with van der Waals surface area (Å²) in [4.78, 5) is 25.6. The van der Waals surface area contributed by atoms with E-state index in [1.54, 1.807) is 0 Å². The Balaban J connectivity index is 1.51. The number of amides is 1. The summed E-state index contributed by atoms with van der Waals surface area (Å²) in [6.07, 6.45) is 6.50. The summed E-state index contributed by atoms with van der Waals surface area (Å²) < 4.78 is 1.93. The number of aryl methyl sites for hydroxylation is 1. The Bertz CT molecular complexity index is 567. The Morgan fingerprint density at radius 3 is 2.22 bits per heavy atom. The third kappa shape index (κ3) is 3.41.